The number of rotatable bonds is 4. The summed E-state index contributed by atoms with van der Waals surface area (Å²) in [6.07, 6.45) is 0.700. The van der Waals surface area contributed by atoms with Gasteiger partial charge in [-0.05, 0) is 11.1 Å². The van der Waals surface area contributed by atoms with E-state index >= 15 is 0 Å². The second kappa shape index (κ2) is 5.42. The topological polar surface area (TPSA) is 40.5 Å². The summed E-state index contributed by atoms with van der Waals surface area (Å²) in [5.74, 6) is 0. The van der Waals surface area contributed by atoms with Gasteiger partial charge >= 0.3 is 0 Å². The summed E-state index contributed by atoms with van der Waals surface area (Å²) in [6, 6.07) is 19.2. The highest BCUT2D eigenvalue weighted by atomic mass is 31.2. The van der Waals surface area contributed by atoms with Crippen LogP contribution in [0.2, 0.25) is 0 Å². The number of hydrogen-bond acceptors (Lipinski definition) is 2. The minimum absolute atomic E-state index is 0.350. The monoisotopic (exact) mass is 247 g/mol. The van der Waals surface area contributed by atoms with Crippen LogP contribution in [0.15, 0.2) is 60.7 Å². The molecule has 3 heteroatoms. The molecule has 17 heavy (non-hydrogen) atoms. The van der Waals surface area contributed by atoms with Crippen LogP contribution in [-0.4, -0.2) is 9.79 Å². The molecule has 0 aliphatic rings. The van der Waals surface area contributed by atoms with Crippen LogP contribution in [0.4, 0.5) is 0 Å². The minimum atomic E-state index is -2.89. The Morgan fingerprint density at radius 2 is 1.00 bits per heavy atom. The first-order valence-electron chi connectivity index (χ1n) is 5.56. The van der Waals surface area contributed by atoms with Gasteiger partial charge in [0.2, 0.25) is 0 Å². The Labute approximate surface area is 102 Å². The van der Waals surface area contributed by atoms with Gasteiger partial charge in [0.05, 0.1) is 0 Å². The predicted octanol–water partition coefficient (Wildman–Crippen LogP) is 3.22. The first-order chi connectivity index (χ1) is 8.16. The summed E-state index contributed by atoms with van der Waals surface area (Å²) in [4.78, 5) is 20.2. The first-order valence-corrected chi connectivity index (χ1v) is 7.63. The van der Waals surface area contributed by atoms with Gasteiger partial charge in [0.25, 0.3) is 7.72 Å². The van der Waals surface area contributed by atoms with Crippen molar-refractivity contribution in [3.63, 3.8) is 0 Å². The Bertz CT molecular complexity index is 411. The second-order valence-corrected chi connectivity index (χ2v) is 6.56. The fourth-order valence-corrected chi connectivity index (χ4v) is 3.51. The number of benzene rings is 2. The van der Waals surface area contributed by atoms with E-state index in [2.05, 4.69) is 0 Å². The molecular formula is C14H16O2P+. The molecule has 0 saturated heterocycles. The van der Waals surface area contributed by atoms with Crippen LogP contribution in [0.1, 0.15) is 11.1 Å². The van der Waals surface area contributed by atoms with Crippen molar-refractivity contribution in [2.24, 2.45) is 0 Å². The van der Waals surface area contributed by atoms with Gasteiger partial charge in [0, 0.05) is 0 Å². The van der Waals surface area contributed by atoms with E-state index in [1.807, 2.05) is 60.7 Å². The Kier molecular flexibility index (Phi) is 3.90. The SMILES string of the molecule is O[P+](O)(Cc1ccccc1)Cc1ccccc1. The molecule has 2 nitrogen and oxygen atoms in total. The molecule has 0 aromatic heterocycles. The molecule has 0 radical (unpaired) electrons. The van der Waals surface area contributed by atoms with Gasteiger partial charge in [-0.1, -0.05) is 60.7 Å². The Morgan fingerprint density at radius 1 is 0.647 bits per heavy atom. The highest BCUT2D eigenvalue weighted by Crippen LogP contribution is 2.55. The molecule has 0 saturated carbocycles. The lowest BCUT2D eigenvalue weighted by atomic mass is 10.2. The molecule has 88 valence electrons. The fourth-order valence-electron chi connectivity index (χ4n) is 1.81. The van der Waals surface area contributed by atoms with Gasteiger partial charge in [-0.25, -0.2) is 9.79 Å². The van der Waals surface area contributed by atoms with Crippen molar-refractivity contribution in [1.29, 1.82) is 0 Å². The van der Waals surface area contributed by atoms with Crippen LogP contribution in [-0.2, 0) is 12.3 Å². The summed E-state index contributed by atoms with van der Waals surface area (Å²) in [6.45, 7) is 0. The van der Waals surface area contributed by atoms with Crippen LogP contribution in [0.5, 0.6) is 0 Å². The molecule has 0 aliphatic heterocycles. The average Bonchev–Trinajstić information content (AvgIpc) is 2.30. The Hall–Kier alpha value is -1.21. The molecular weight excluding hydrogens is 231 g/mol. The molecule has 0 heterocycles. The average molecular weight is 247 g/mol. The van der Waals surface area contributed by atoms with Gasteiger partial charge in [-0.15, -0.1) is 0 Å². The van der Waals surface area contributed by atoms with Crippen molar-refractivity contribution in [3.8, 4) is 0 Å². The number of hydrogen-bond donors (Lipinski definition) is 2. The van der Waals surface area contributed by atoms with Gasteiger partial charge in [0.15, 0.2) is 0 Å². The molecule has 2 aromatic carbocycles. The van der Waals surface area contributed by atoms with Crippen LogP contribution >= 0.6 is 7.72 Å². The minimum Gasteiger partial charge on any atom is -0.220 e. The van der Waals surface area contributed by atoms with Gasteiger partial charge < -0.3 is 0 Å². The van der Waals surface area contributed by atoms with Crippen LogP contribution in [0.3, 0.4) is 0 Å². The zero-order chi connectivity index (χ0) is 12.1. The molecule has 0 atom stereocenters. The van der Waals surface area contributed by atoms with E-state index in [9.17, 15) is 9.79 Å². The van der Waals surface area contributed by atoms with E-state index in [1.165, 1.54) is 0 Å². The molecule has 0 aliphatic carbocycles. The van der Waals surface area contributed by atoms with E-state index < -0.39 is 7.72 Å². The van der Waals surface area contributed by atoms with Crippen molar-refractivity contribution in [2.75, 3.05) is 0 Å². The lowest BCUT2D eigenvalue weighted by Gasteiger charge is -2.12. The Morgan fingerprint density at radius 3 is 1.35 bits per heavy atom. The molecule has 0 spiro atoms. The smallest absolute Gasteiger partial charge is 0.220 e. The lowest BCUT2D eigenvalue weighted by Crippen LogP contribution is -1.99. The molecule has 2 N–H and O–H groups in total. The quantitative estimate of drug-likeness (QED) is 0.814. The van der Waals surface area contributed by atoms with E-state index in [-0.39, 0.29) is 0 Å². The molecule has 0 fully saturated rings. The third-order valence-corrected chi connectivity index (χ3v) is 4.30. The van der Waals surface area contributed by atoms with Gasteiger partial charge in [-0.3, -0.25) is 0 Å². The third-order valence-electron chi connectivity index (χ3n) is 2.56. The zero-order valence-electron chi connectivity index (χ0n) is 9.53. The van der Waals surface area contributed by atoms with Crippen molar-refractivity contribution in [2.45, 2.75) is 12.3 Å². The van der Waals surface area contributed by atoms with Crippen LogP contribution < -0.4 is 0 Å². The highest BCUT2D eigenvalue weighted by molar-refractivity contribution is 7.63. The van der Waals surface area contributed by atoms with Crippen molar-refractivity contribution < 1.29 is 9.79 Å². The Balaban J connectivity index is 2.04. The fraction of sp³-hybridized carbons (Fsp3) is 0.143. The summed E-state index contributed by atoms with van der Waals surface area (Å²) in [7, 11) is -2.89. The van der Waals surface area contributed by atoms with Gasteiger partial charge in [0.1, 0.15) is 12.3 Å². The summed E-state index contributed by atoms with van der Waals surface area (Å²) < 4.78 is 0. The maximum atomic E-state index is 10.1. The van der Waals surface area contributed by atoms with Crippen molar-refractivity contribution in [3.05, 3.63) is 71.8 Å². The summed E-state index contributed by atoms with van der Waals surface area (Å²) in [5.41, 5.74) is 1.95. The molecule has 0 bridgehead atoms. The maximum Gasteiger partial charge on any atom is 0.276 e. The van der Waals surface area contributed by atoms with Gasteiger partial charge in [-0.2, -0.15) is 0 Å². The van der Waals surface area contributed by atoms with E-state index in [0.29, 0.717) is 12.3 Å². The van der Waals surface area contributed by atoms with Crippen LogP contribution in [0.25, 0.3) is 0 Å². The van der Waals surface area contributed by atoms with Crippen molar-refractivity contribution in [1.82, 2.24) is 0 Å². The molecule has 0 amide bonds. The van der Waals surface area contributed by atoms with E-state index in [4.69, 9.17) is 0 Å². The largest absolute Gasteiger partial charge is 0.276 e. The van der Waals surface area contributed by atoms with E-state index in [0.717, 1.165) is 11.1 Å². The van der Waals surface area contributed by atoms with Crippen LogP contribution in [0, 0.1) is 0 Å². The summed E-state index contributed by atoms with van der Waals surface area (Å²) >= 11 is 0. The second-order valence-electron chi connectivity index (χ2n) is 4.17. The maximum absolute atomic E-state index is 10.1. The van der Waals surface area contributed by atoms with Crippen molar-refractivity contribution >= 4 is 7.72 Å². The standard InChI is InChI=1S/C14H16O2P/c15-17(16,11-13-7-3-1-4-8-13)12-14-9-5-2-6-10-14/h1-10,15-16H,11-12H2/q+1. The van der Waals surface area contributed by atoms with E-state index in [1.54, 1.807) is 0 Å². The molecule has 2 aromatic rings. The predicted molar refractivity (Wildman–Crippen MR) is 71.6 cm³/mol. The first kappa shape index (κ1) is 12.3. The highest BCUT2D eigenvalue weighted by Gasteiger charge is 2.33. The summed E-state index contributed by atoms with van der Waals surface area (Å²) in [5, 5.41) is 0. The normalized spacial score (nSPS) is 11.4. The molecule has 0 unspecified atom stereocenters. The third kappa shape index (κ3) is 3.94. The molecule has 2 rings (SSSR count). The lowest BCUT2D eigenvalue weighted by molar-refractivity contribution is 0.446. The zero-order valence-corrected chi connectivity index (χ0v) is 10.4.